The van der Waals surface area contributed by atoms with Crippen LogP contribution in [0.3, 0.4) is 0 Å². The van der Waals surface area contributed by atoms with E-state index in [0.29, 0.717) is 11.4 Å². The highest BCUT2D eigenvalue weighted by atomic mass is 16.6. The van der Waals surface area contributed by atoms with Crippen LogP contribution in [0.4, 0.5) is 17.1 Å². The van der Waals surface area contributed by atoms with Crippen LogP contribution in [0.2, 0.25) is 0 Å². The molecule has 140 valence electrons. The molecule has 1 atom stereocenters. The quantitative estimate of drug-likeness (QED) is 0.458. The molecule has 7 heteroatoms. The maximum absolute atomic E-state index is 12.7. The van der Waals surface area contributed by atoms with E-state index in [9.17, 15) is 19.7 Å². The van der Waals surface area contributed by atoms with Gasteiger partial charge >= 0.3 is 0 Å². The Hall–Kier alpha value is -3.22. The first-order chi connectivity index (χ1) is 13.0. The number of nitrogens with one attached hydrogen (secondary N) is 1. The summed E-state index contributed by atoms with van der Waals surface area (Å²) in [6, 6.07) is 12.6. The molecule has 3 rings (SSSR count). The van der Waals surface area contributed by atoms with Gasteiger partial charge in [-0.3, -0.25) is 19.7 Å². The maximum atomic E-state index is 12.7. The van der Waals surface area contributed by atoms with Crippen LogP contribution in [0.15, 0.2) is 48.5 Å². The average molecular weight is 367 g/mol. The van der Waals surface area contributed by atoms with Gasteiger partial charge in [-0.1, -0.05) is 31.5 Å². The van der Waals surface area contributed by atoms with Gasteiger partial charge in [0.05, 0.1) is 17.0 Å². The van der Waals surface area contributed by atoms with Crippen molar-refractivity contribution in [3.05, 3.63) is 64.2 Å². The van der Waals surface area contributed by atoms with Crippen molar-refractivity contribution in [2.75, 3.05) is 10.2 Å². The van der Waals surface area contributed by atoms with Crippen molar-refractivity contribution in [2.24, 2.45) is 0 Å². The fourth-order valence-electron chi connectivity index (χ4n) is 3.12. The molecule has 7 nitrogen and oxygen atoms in total. The minimum Gasteiger partial charge on any atom is -0.373 e. The molecule has 1 aliphatic rings. The summed E-state index contributed by atoms with van der Waals surface area (Å²) in [4.78, 5) is 36.6. The Morgan fingerprint density at radius 1 is 1.19 bits per heavy atom. The first-order valence-electron chi connectivity index (χ1n) is 8.96. The van der Waals surface area contributed by atoms with E-state index in [1.54, 1.807) is 18.2 Å². The molecule has 0 aliphatic carbocycles. The number of rotatable bonds is 7. The van der Waals surface area contributed by atoms with Crippen LogP contribution in [0, 0.1) is 10.1 Å². The van der Waals surface area contributed by atoms with E-state index in [-0.39, 0.29) is 23.9 Å². The third-order valence-corrected chi connectivity index (χ3v) is 4.56. The van der Waals surface area contributed by atoms with Gasteiger partial charge in [-0.25, -0.2) is 4.90 Å². The Labute approximate surface area is 157 Å². The Morgan fingerprint density at radius 2 is 1.93 bits per heavy atom. The zero-order valence-electron chi connectivity index (χ0n) is 15.1. The first kappa shape index (κ1) is 18.6. The number of nitro groups is 1. The minimum atomic E-state index is -0.737. The second-order valence-corrected chi connectivity index (χ2v) is 6.55. The number of nitro benzene ring substituents is 1. The van der Waals surface area contributed by atoms with E-state index in [1.807, 2.05) is 12.1 Å². The van der Waals surface area contributed by atoms with Gasteiger partial charge in [0.15, 0.2) is 0 Å². The monoisotopic (exact) mass is 367 g/mol. The number of hydrogen-bond donors (Lipinski definition) is 1. The molecule has 27 heavy (non-hydrogen) atoms. The normalized spacial score (nSPS) is 16.6. The van der Waals surface area contributed by atoms with Crippen molar-refractivity contribution in [1.29, 1.82) is 0 Å². The van der Waals surface area contributed by atoms with Crippen molar-refractivity contribution in [1.82, 2.24) is 0 Å². The largest absolute Gasteiger partial charge is 0.373 e. The lowest BCUT2D eigenvalue weighted by Gasteiger charge is -2.16. The smallest absolute Gasteiger partial charge is 0.271 e. The molecular weight excluding hydrogens is 346 g/mol. The predicted molar refractivity (Wildman–Crippen MR) is 103 cm³/mol. The molecule has 0 aromatic heterocycles. The number of nitrogens with zero attached hydrogens (tertiary/aromatic N) is 2. The number of aryl methyl sites for hydroxylation is 1. The second kappa shape index (κ2) is 7.99. The number of hydrogen-bond acceptors (Lipinski definition) is 5. The van der Waals surface area contributed by atoms with E-state index < -0.39 is 11.0 Å². The van der Waals surface area contributed by atoms with Crippen molar-refractivity contribution < 1.29 is 14.5 Å². The number of non-ortho nitro benzene ring substituents is 1. The summed E-state index contributed by atoms with van der Waals surface area (Å²) in [6.45, 7) is 2.13. The third-order valence-electron chi connectivity index (χ3n) is 4.56. The van der Waals surface area contributed by atoms with Crippen LogP contribution < -0.4 is 10.2 Å². The molecule has 0 saturated carbocycles. The van der Waals surface area contributed by atoms with E-state index in [1.165, 1.54) is 28.7 Å². The first-order valence-corrected chi connectivity index (χ1v) is 8.96. The van der Waals surface area contributed by atoms with Gasteiger partial charge < -0.3 is 5.32 Å². The van der Waals surface area contributed by atoms with Gasteiger partial charge in [0.25, 0.3) is 11.6 Å². The SMILES string of the molecule is CCCCc1ccc(N2C(=O)C[C@H](Nc3cccc([N+](=O)[O-])c3)C2=O)cc1. The fourth-order valence-corrected chi connectivity index (χ4v) is 3.12. The van der Waals surface area contributed by atoms with Gasteiger partial charge in [0, 0.05) is 17.8 Å². The summed E-state index contributed by atoms with van der Waals surface area (Å²) < 4.78 is 0. The van der Waals surface area contributed by atoms with Crippen molar-refractivity contribution in [3.8, 4) is 0 Å². The molecule has 1 saturated heterocycles. The van der Waals surface area contributed by atoms with Crippen molar-refractivity contribution >= 4 is 28.9 Å². The standard InChI is InChI=1S/C20H21N3O4/c1-2-3-5-14-8-10-16(11-9-14)22-19(24)13-18(20(22)25)21-15-6-4-7-17(12-15)23(26)27/h4,6-12,18,21H,2-3,5,13H2,1H3/t18-/m0/s1. The number of imide groups is 1. The van der Waals surface area contributed by atoms with Gasteiger partial charge in [0.1, 0.15) is 6.04 Å². The number of unbranched alkanes of at least 4 members (excludes halogenated alkanes) is 1. The Kier molecular flexibility index (Phi) is 5.49. The minimum absolute atomic E-state index is 0.0130. The number of amides is 2. The summed E-state index contributed by atoms with van der Waals surface area (Å²) in [5.41, 5.74) is 2.09. The lowest BCUT2D eigenvalue weighted by molar-refractivity contribution is -0.384. The molecule has 1 fully saturated rings. The van der Waals surface area contributed by atoms with E-state index in [4.69, 9.17) is 0 Å². The molecule has 1 heterocycles. The summed E-state index contributed by atoms with van der Waals surface area (Å²) >= 11 is 0. The van der Waals surface area contributed by atoms with Gasteiger partial charge in [-0.15, -0.1) is 0 Å². The van der Waals surface area contributed by atoms with Crippen LogP contribution in [-0.2, 0) is 16.0 Å². The lowest BCUT2D eigenvalue weighted by atomic mass is 10.1. The lowest BCUT2D eigenvalue weighted by Crippen LogP contribution is -2.34. The molecule has 1 N–H and O–H groups in total. The Balaban J connectivity index is 1.73. The highest BCUT2D eigenvalue weighted by Crippen LogP contribution is 2.26. The number of carbonyl (C=O) groups is 2. The third kappa shape index (κ3) is 4.13. The average Bonchev–Trinajstić information content (AvgIpc) is 2.94. The van der Waals surface area contributed by atoms with Crippen LogP contribution in [0.25, 0.3) is 0 Å². The summed E-state index contributed by atoms with van der Waals surface area (Å²) in [6.07, 6.45) is 3.18. The molecule has 1 aliphatic heterocycles. The van der Waals surface area contributed by atoms with Crippen LogP contribution in [0.5, 0.6) is 0 Å². The summed E-state index contributed by atoms with van der Waals surface area (Å²) in [5.74, 6) is -0.642. The van der Waals surface area contributed by atoms with Gasteiger partial charge in [-0.05, 0) is 36.6 Å². The number of benzene rings is 2. The zero-order valence-corrected chi connectivity index (χ0v) is 15.1. The Morgan fingerprint density at radius 3 is 2.59 bits per heavy atom. The maximum Gasteiger partial charge on any atom is 0.271 e. The molecule has 0 radical (unpaired) electrons. The number of carbonyl (C=O) groups excluding carboxylic acids is 2. The number of anilines is 2. The van der Waals surface area contributed by atoms with Crippen LogP contribution in [-0.4, -0.2) is 22.8 Å². The molecule has 2 aromatic carbocycles. The fraction of sp³-hybridized carbons (Fsp3) is 0.300. The Bertz CT molecular complexity index is 864. The molecule has 2 aromatic rings. The molecule has 0 bridgehead atoms. The van der Waals surface area contributed by atoms with Crippen LogP contribution in [0.1, 0.15) is 31.7 Å². The van der Waals surface area contributed by atoms with Crippen molar-refractivity contribution in [2.45, 2.75) is 38.6 Å². The molecule has 0 unspecified atom stereocenters. The zero-order chi connectivity index (χ0) is 19.4. The van der Waals surface area contributed by atoms with Gasteiger partial charge in [0.2, 0.25) is 5.91 Å². The van der Waals surface area contributed by atoms with E-state index in [2.05, 4.69) is 12.2 Å². The van der Waals surface area contributed by atoms with Gasteiger partial charge in [-0.2, -0.15) is 0 Å². The highest BCUT2D eigenvalue weighted by molar-refractivity contribution is 6.23. The summed E-state index contributed by atoms with van der Waals surface area (Å²) in [5, 5.41) is 13.8. The van der Waals surface area contributed by atoms with Crippen LogP contribution >= 0.6 is 0 Å². The predicted octanol–water partition coefficient (Wildman–Crippen LogP) is 3.68. The molecule has 2 amide bonds. The summed E-state index contributed by atoms with van der Waals surface area (Å²) in [7, 11) is 0. The second-order valence-electron chi connectivity index (χ2n) is 6.55. The van der Waals surface area contributed by atoms with E-state index in [0.717, 1.165) is 19.3 Å². The molecule has 0 spiro atoms. The highest BCUT2D eigenvalue weighted by Gasteiger charge is 2.39. The topological polar surface area (TPSA) is 92.6 Å². The van der Waals surface area contributed by atoms with E-state index >= 15 is 0 Å². The van der Waals surface area contributed by atoms with Crippen molar-refractivity contribution in [3.63, 3.8) is 0 Å². The molecular formula is C20H21N3O4.